The van der Waals surface area contributed by atoms with Crippen LogP contribution in [0.2, 0.25) is 0 Å². The third-order valence-corrected chi connectivity index (χ3v) is 2.25. The molecule has 2 nitrogen and oxygen atoms in total. The molecule has 0 radical (unpaired) electrons. The largest absolute Gasteiger partial charge is 0.393 e. The molecule has 0 spiro atoms. The van der Waals surface area contributed by atoms with Crippen LogP contribution in [0.5, 0.6) is 0 Å². The summed E-state index contributed by atoms with van der Waals surface area (Å²) in [5, 5.41) is 18.9. The lowest BCUT2D eigenvalue weighted by molar-refractivity contribution is -0.00322. The summed E-state index contributed by atoms with van der Waals surface area (Å²) in [6.07, 6.45) is -0.0392. The van der Waals surface area contributed by atoms with Gasteiger partial charge in [-0.3, -0.25) is 0 Å². The van der Waals surface area contributed by atoms with E-state index in [4.69, 9.17) is 0 Å². The van der Waals surface area contributed by atoms with Gasteiger partial charge in [0.25, 0.3) is 0 Å². The highest BCUT2D eigenvalue weighted by atomic mass is 16.3. The minimum atomic E-state index is -0.384. The Hall–Kier alpha value is -0.0800. The number of rotatable bonds is 4. The summed E-state index contributed by atoms with van der Waals surface area (Å²) in [7, 11) is 0. The van der Waals surface area contributed by atoms with Crippen LogP contribution in [0, 0.1) is 11.8 Å². The molecule has 0 aromatic carbocycles. The lowest BCUT2D eigenvalue weighted by atomic mass is 9.89. The van der Waals surface area contributed by atoms with Crippen molar-refractivity contribution in [1.29, 1.82) is 0 Å². The van der Waals surface area contributed by atoms with Gasteiger partial charge in [-0.15, -0.1) is 0 Å². The summed E-state index contributed by atoms with van der Waals surface area (Å²) >= 11 is 0. The Kier molecular flexibility index (Phi) is 4.69. The lowest BCUT2D eigenvalue weighted by Crippen LogP contribution is -2.32. The molecule has 0 rings (SSSR count). The minimum Gasteiger partial charge on any atom is -0.393 e. The van der Waals surface area contributed by atoms with Crippen molar-refractivity contribution in [2.24, 2.45) is 11.8 Å². The molecule has 0 aromatic rings. The molecule has 0 aliphatic carbocycles. The third kappa shape index (κ3) is 3.21. The van der Waals surface area contributed by atoms with Crippen molar-refractivity contribution < 1.29 is 10.2 Å². The van der Waals surface area contributed by atoms with Crippen LogP contribution in [-0.2, 0) is 0 Å². The van der Waals surface area contributed by atoms with Crippen molar-refractivity contribution in [2.45, 2.75) is 46.3 Å². The van der Waals surface area contributed by atoms with Gasteiger partial charge in [0.2, 0.25) is 0 Å². The van der Waals surface area contributed by atoms with E-state index in [9.17, 15) is 10.2 Å². The molecule has 0 aliphatic rings. The van der Waals surface area contributed by atoms with E-state index in [2.05, 4.69) is 0 Å². The second-order valence-electron chi connectivity index (χ2n) is 3.57. The summed E-state index contributed by atoms with van der Waals surface area (Å²) in [6.45, 7) is 7.74. The maximum absolute atomic E-state index is 9.54. The molecule has 0 aliphatic heterocycles. The number of aliphatic hydroxyl groups excluding tert-OH is 2. The molecule has 2 heteroatoms. The van der Waals surface area contributed by atoms with E-state index < -0.39 is 0 Å². The van der Waals surface area contributed by atoms with E-state index in [0.29, 0.717) is 6.42 Å². The predicted octanol–water partition coefficient (Wildman–Crippen LogP) is 1.41. The quantitative estimate of drug-likeness (QED) is 0.653. The third-order valence-electron chi connectivity index (χ3n) is 2.25. The van der Waals surface area contributed by atoms with Gasteiger partial charge in [-0.05, 0) is 12.3 Å². The van der Waals surface area contributed by atoms with E-state index in [1.165, 1.54) is 0 Å². The summed E-state index contributed by atoms with van der Waals surface area (Å²) < 4.78 is 0. The average Bonchev–Trinajstić information content (AvgIpc) is 2.00. The highest BCUT2D eigenvalue weighted by molar-refractivity contribution is 4.73. The van der Waals surface area contributed by atoms with Gasteiger partial charge in [-0.2, -0.15) is 0 Å². The first kappa shape index (κ1) is 10.9. The Labute approximate surface area is 69.2 Å². The van der Waals surface area contributed by atoms with Gasteiger partial charge in [0.15, 0.2) is 0 Å². The van der Waals surface area contributed by atoms with Gasteiger partial charge >= 0.3 is 0 Å². The molecule has 68 valence electrons. The standard InChI is InChI=1S/C9H20O2/c1-5-8(10)7(4)9(11)6(2)3/h6-11H,5H2,1-4H3. The van der Waals surface area contributed by atoms with Gasteiger partial charge in [-0.1, -0.05) is 27.7 Å². The highest BCUT2D eigenvalue weighted by Gasteiger charge is 2.23. The van der Waals surface area contributed by atoms with Crippen molar-refractivity contribution in [3.05, 3.63) is 0 Å². The Balaban J connectivity index is 3.90. The van der Waals surface area contributed by atoms with Gasteiger partial charge in [0.1, 0.15) is 0 Å². The van der Waals surface area contributed by atoms with Crippen molar-refractivity contribution in [3.63, 3.8) is 0 Å². The zero-order chi connectivity index (χ0) is 9.02. The number of hydrogen-bond donors (Lipinski definition) is 2. The maximum Gasteiger partial charge on any atom is 0.0613 e. The Bertz CT molecular complexity index is 102. The second-order valence-corrected chi connectivity index (χ2v) is 3.57. The van der Waals surface area contributed by atoms with E-state index >= 15 is 0 Å². The molecule has 0 saturated carbocycles. The van der Waals surface area contributed by atoms with Crippen molar-refractivity contribution in [3.8, 4) is 0 Å². The maximum atomic E-state index is 9.54. The summed E-state index contributed by atoms with van der Waals surface area (Å²) in [5.74, 6) is 0.214. The summed E-state index contributed by atoms with van der Waals surface area (Å²) in [4.78, 5) is 0. The monoisotopic (exact) mass is 160 g/mol. The predicted molar refractivity (Wildman–Crippen MR) is 46.3 cm³/mol. The Morgan fingerprint density at radius 3 is 1.82 bits per heavy atom. The molecule has 0 saturated heterocycles. The first-order chi connectivity index (χ1) is 5.00. The second kappa shape index (κ2) is 4.73. The fourth-order valence-electron chi connectivity index (χ4n) is 1.21. The van der Waals surface area contributed by atoms with E-state index in [-0.39, 0.29) is 24.0 Å². The molecule has 2 N–H and O–H groups in total. The van der Waals surface area contributed by atoms with Crippen LogP contribution in [0.15, 0.2) is 0 Å². The van der Waals surface area contributed by atoms with E-state index in [1.54, 1.807) is 0 Å². The lowest BCUT2D eigenvalue weighted by Gasteiger charge is -2.25. The molecule has 0 heterocycles. The molecular weight excluding hydrogens is 140 g/mol. The SMILES string of the molecule is CCC(O)C(C)C(O)C(C)C. The molecule has 11 heavy (non-hydrogen) atoms. The van der Waals surface area contributed by atoms with Crippen LogP contribution >= 0.6 is 0 Å². The zero-order valence-corrected chi connectivity index (χ0v) is 7.91. The Morgan fingerprint density at radius 2 is 1.55 bits per heavy atom. The minimum absolute atomic E-state index is 0.0139. The summed E-state index contributed by atoms with van der Waals surface area (Å²) in [5.41, 5.74) is 0. The fourth-order valence-corrected chi connectivity index (χ4v) is 1.21. The number of aliphatic hydroxyl groups is 2. The van der Waals surface area contributed by atoms with Gasteiger partial charge < -0.3 is 10.2 Å². The Morgan fingerprint density at radius 1 is 1.09 bits per heavy atom. The summed E-state index contributed by atoms with van der Waals surface area (Å²) in [6, 6.07) is 0. The first-order valence-electron chi connectivity index (χ1n) is 4.36. The molecule has 0 aromatic heterocycles. The fraction of sp³-hybridized carbons (Fsp3) is 1.00. The van der Waals surface area contributed by atoms with Crippen molar-refractivity contribution in [1.82, 2.24) is 0 Å². The molecule has 0 bridgehead atoms. The van der Waals surface area contributed by atoms with E-state index in [1.807, 2.05) is 27.7 Å². The normalized spacial score (nSPS) is 19.9. The van der Waals surface area contributed by atoms with E-state index in [0.717, 1.165) is 0 Å². The van der Waals surface area contributed by atoms with Crippen LogP contribution in [0.25, 0.3) is 0 Å². The molecule has 0 amide bonds. The first-order valence-corrected chi connectivity index (χ1v) is 4.36. The average molecular weight is 160 g/mol. The van der Waals surface area contributed by atoms with Crippen LogP contribution in [0.4, 0.5) is 0 Å². The highest BCUT2D eigenvalue weighted by Crippen LogP contribution is 2.17. The van der Waals surface area contributed by atoms with Crippen LogP contribution in [0.3, 0.4) is 0 Å². The van der Waals surface area contributed by atoms with Gasteiger partial charge in [0.05, 0.1) is 12.2 Å². The van der Waals surface area contributed by atoms with Crippen molar-refractivity contribution >= 4 is 0 Å². The van der Waals surface area contributed by atoms with Crippen LogP contribution in [-0.4, -0.2) is 22.4 Å². The molecule has 3 unspecified atom stereocenters. The molecular formula is C9H20O2. The smallest absolute Gasteiger partial charge is 0.0613 e. The van der Waals surface area contributed by atoms with Gasteiger partial charge in [-0.25, -0.2) is 0 Å². The van der Waals surface area contributed by atoms with Crippen molar-refractivity contribution in [2.75, 3.05) is 0 Å². The van der Waals surface area contributed by atoms with Gasteiger partial charge in [0, 0.05) is 5.92 Å². The number of hydrogen-bond acceptors (Lipinski definition) is 2. The molecule has 3 atom stereocenters. The van der Waals surface area contributed by atoms with Crippen LogP contribution in [0.1, 0.15) is 34.1 Å². The van der Waals surface area contributed by atoms with Crippen LogP contribution < -0.4 is 0 Å². The molecule has 0 fully saturated rings. The topological polar surface area (TPSA) is 40.5 Å². The zero-order valence-electron chi connectivity index (χ0n) is 7.91.